The molecule has 0 aliphatic rings. The van der Waals surface area contributed by atoms with Crippen molar-refractivity contribution in [1.29, 1.82) is 0 Å². The minimum atomic E-state index is -0.324. The highest BCUT2D eigenvalue weighted by atomic mass is 19.1. The molecule has 2 aromatic carbocycles. The number of rotatable bonds is 1. The quantitative estimate of drug-likeness (QED) is 0.541. The van der Waals surface area contributed by atoms with Crippen molar-refractivity contribution in [1.82, 2.24) is 9.30 Å². The number of halogens is 1. The average molecular weight is 296 g/mol. The summed E-state index contributed by atoms with van der Waals surface area (Å²) in [4.78, 5) is 18.1. The van der Waals surface area contributed by atoms with Gasteiger partial charge in [0, 0.05) is 17.8 Å². The number of para-hydroxylation sites is 1. The molecule has 0 amide bonds. The van der Waals surface area contributed by atoms with E-state index in [-0.39, 0.29) is 11.4 Å². The number of hydrogen-bond acceptors (Lipinski definition) is 2. The minimum absolute atomic E-state index is 0.242. The van der Waals surface area contributed by atoms with Gasteiger partial charge in [-0.3, -0.25) is 4.79 Å². The second-order valence-corrected chi connectivity index (χ2v) is 5.24. The van der Waals surface area contributed by atoms with Crippen LogP contribution in [0.25, 0.3) is 32.7 Å². The van der Waals surface area contributed by atoms with Gasteiger partial charge in [-0.15, -0.1) is 4.73 Å². The SMILES string of the molecule is COn1c(=O)c2c3ccc(F)cc3n(C)c2c2ccccc21. The van der Waals surface area contributed by atoms with Crippen LogP contribution in [-0.4, -0.2) is 16.4 Å². The second-order valence-electron chi connectivity index (χ2n) is 5.24. The summed E-state index contributed by atoms with van der Waals surface area (Å²) >= 11 is 0. The first-order chi connectivity index (χ1) is 10.6. The summed E-state index contributed by atoms with van der Waals surface area (Å²) in [6.45, 7) is 0. The van der Waals surface area contributed by atoms with Gasteiger partial charge in [0.1, 0.15) is 12.9 Å². The van der Waals surface area contributed by atoms with Crippen molar-refractivity contribution in [2.24, 2.45) is 7.05 Å². The summed E-state index contributed by atoms with van der Waals surface area (Å²) in [5, 5.41) is 2.15. The van der Waals surface area contributed by atoms with Gasteiger partial charge in [-0.1, -0.05) is 18.2 Å². The van der Waals surface area contributed by atoms with E-state index in [0.717, 1.165) is 16.3 Å². The van der Waals surface area contributed by atoms with Gasteiger partial charge in [-0.2, -0.15) is 0 Å². The third-order valence-electron chi connectivity index (χ3n) is 4.12. The summed E-state index contributed by atoms with van der Waals surface area (Å²) < 4.78 is 16.7. The third kappa shape index (κ3) is 1.48. The van der Waals surface area contributed by atoms with E-state index in [1.54, 1.807) is 6.07 Å². The summed E-state index contributed by atoms with van der Waals surface area (Å²) in [6.07, 6.45) is 0. The van der Waals surface area contributed by atoms with Crippen LogP contribution < -0.4 is 10.4 Å². The largest absolute Gasteiger partial charge is 0.413 e. The lowest BCUT2D eigenvalue weighted by molar-refractivity contribution is 0.170. The minimum Gasteiger partial charge on any atom is -0.413 e. The predicted octanol–water partition coefficient (Wildman–Crippen LogP) is 2.84. The highest BCUT2D eigenvalue weighted by Gasteiger charge is 2.18. The molecule has 5 heteroatoms. The maximum Gasteiger partial charge on any atom is 0.293 e. The van der Waals surface area contributed by atoms with E-state index >= 15 is 0 Å². The Hall–Kier alpha value is -2.82. The molecule has 0 aliphatic carbocycles. The molecular weight excluding hydrogens is 283 g/mol. The number of nitrogens with zero attached hydrogens (tertiary/aromatic N) is 2. The molecule has 0 unspecified atom stereocenters. The van der Waals surface area contributed by atoms with Crippen molar-refractivity contribution < 1.29 is 9.23 Å². The van der Waals surface area contributed by atoms with Crippen molar-refractivity contribution in [3.8, 4) is 0 Å². The number of fused-ring (bicyclic) bond motifs is 5. The standard InChI is InChI=1S/C17H13FN2O2/c1-19-14-9-10(18)7-8-11(14)15-16(19)12-5-3-4-6-13(12)20(22-2)17(15)21/h3-9H,1-2H3. The monoisotopic (exact) mass is 296 g/mol. The molecule has 2 heterocycles. The lowest BCUT2D eigenvalue weighted by atomic mass is 10.1. The van der Waals surface area contributed by atoms with Crippen molar-refractivity contribution in [2.45, 2.75) is 0 Å². The normalized spacial score (nSPS) is 11.6. The smallest absolute Gasteiger partial charge is 0.293 e. The fourth-order valence-electron chi connectivity index (χ4n) is 3.18. The van der Waals surface area contributed by atoms with Crippen LogP contribution in [-0.2, 0) is 7.05 Å². The van der Waals surface area contributed by atoms with Gasteiger partial charge in [0.2, 0.25) is 0 Å². The first kappa shape index (κ1) is 12.9. The molecule has 4 rings (SSSR count). The molecule has 0 saturated heterocycles. The van der Waals surface area contributed by atoms with Crippen LogP contribution in [0.1, 0.15) is 0 Å². The van der Waals surface area contributed by atoms with E-state index in [9.17, 15) is 9.18 Å². The lowest BCUT2D eigenvalue weighted by Gasteiger charge is -2.10. The second kappa shape index (κ2) is 4.34. The zero-order valence-corrected chi connectivity index (χ0v) is 12.1. The van der Waals surface area contributed by atoms with Gasteiger partial charge in [-0.25, -0.2) is 4.39 Å². The Kier molecular flexibility index (Phi) is 2.54. The van der Waals surface area contributed by atoms with Crippen molar-refractivity contribution >= 4 is 32.7 Å². The van der Waals surface area contributed by atoms with E-state index < -0.39 is 0 Å². The van der Waals surface area contributed by atoms with E-state index in [4.69, 9.17) is 4.84 Å². The Morgan fingerprint density at radius 3 is 2.59 bits per heavy atom. The van der Waals surface area contributed by atoms with Gasteiger partial charge in [0.05, 0.1) is 21.9 Å². The Labute approximate surface area is 124 Å². The maximum absolute atomic E-state index is 13.6. The maximum atomic E-state index is 13.6. The lowest BCUT2D eigenvalue weighted by Crippen LogP contribution is -2.25. The number of hydrogen-bond donors (Lipinski definition) is 0. The van der Waals surface area contributed by atoms with Crippen LogP contribution in [0.5, 0.6) is 0 Å². The van der Waals surface area contributed by atoms with Gasteiger partial charge in [0.25, 0.3) is 5.56 Å². The van der Waals surface area contributed by atoms with Crippen LogP contribution in [0.4, 0.5) is 4.39 Å². The van der Waals surface area contributed by atoms with E-state index in [0.29, 0.717) is 16.4 Å². The highest BCUT2D eigenvalue weighted by Crippen LogP contribution is 2.31. The van der Waals surface area contributed by atoms with E-state index in [2.05, 4.69) is 0 Å². The van der Waals surface area contributed by atoms with Crippen LogP contribution in [0, 0.1) is 5.82 Å². The van der Waals surface area contributed by atoms with Crippen LogP contribution in [0.3, 0.4) is 0 Å². The summed E-state index contributed by atoms with van der Waals surface area (Å²) in [7, 11) is 3.30. The first-order valence-corrected chi connectivity index (χ1v) is 6.89. The molecule has 110 valence electrons. The van der Waals surface area contributed by atoms with Crippen molar-refractivity contribution in [3.05, 3.63) is 58.6 Å². The molecule has 4 aromatic rings. The fourth-order valence-corrected chi connectivity index (χ4v) is 3.18. The summed E-state index contributed by atoms with van der Waals surface area (Å²) in [5.41, 5.74) is 1.92. The van der Waals surface area contributed by atoms with E-state index in [1.165, 1.54) is 24.0 Å². The molecule has 0 radical (unpaired) electrons. The van der Waals surface area contributed by atoms with Crippen LogP contribution >= 0.6 is 0 Å². The van der Waals surface area contributed by atoms with E-state index in [1.807, 2.05) is 35.9 Å². The number of aromatic nitrogens is 2. The number of pyridine rings is 1. The van der Waals surface area contributed by atoms with Crippen LogP contribution in [0.15, 0.2) is 47.3 Å². The van der Waals surface area contributed by atoms with Crippen molar-refractivity contribution in [2.75, 3.05) is 7.11 Å². The van der Waals surface area contributed by atoms with Gasteiger partial charge < -0.3 is 9.40 Å². The molecule has 0 bridgehead atoms. The zero-order chi connectivity index (χ0) is 15.4. The van der Waals surface area contributed by atoms with Gasteiger partial charge >= 0.3 is 0 Å². The molecule has 0 saturated carbocycles. The summed E-state index contributed by atoms with van der Waals surface area (Å²) in [6, 6.07) is 12.0. The molecule has 4 nitrogen and oxygen atoms in total. The molecular formula is C17H13FN2O2. The molecule has 0 spiro atoms. The summed E-state index contributed by atoms with van der Waals surface area (Å²) in [5.74, 6) is -0.324. The number of benzene rings is 2. The topological polar surface area (TPSA) is 36.2 Å². The van der Waals surface area contributed by atoms with Gasteiger partial charge in [0.15, 0.2) is 0 Å². The third-order valence-corrected chi connectivity index (χ3v) is 4.12. The molecule has 0 atom stereocenters. The van der Waals surface area contributed by atoms with Gasteiger partial charge in [-0.05, 0) is 24.3 Å². The first-order valence-electron chi connectivity index (χ1n) is 6.89. The molecule has 22 heavy (non-hydrogen) atoms. The fraction of sp³-hybridized carbons (Fsp3) is 0.118. The zero-order valence-electron chi connectivity index (χ0n) is 12.1. The Balaban J connectivity index is 2.43. The highest BCUT2D eigenvalue weighted by molar-refractivity contribution is 6.16. The molecule has 0 N–H and O–H groups in total. The molecule has 0 fully saturated rings. The van der Waals surface area contributed by atoms with Crippen LogP contribution in [0.2, 0.25) is 0 Å². The Morgan fingerprint density at radius 1 is 1.05 bits per heavy atom. The van der Waals surface area contributed by atoms with Crippen molar-refractivity contribution in [3.63, 3.8) is 0 Å². The predicted molar refractivity (Wildman–Crippen MR) is 84.7 cm³/mol. The molecule has 2 aromatic heterocycles. The number of aryl methyl sites for hydroxylation is 1. The molecule has 0 aliphatic heterocycles. The Morgan fingerprint density at radius 2 is 1.82 bits per heavy atom. The average Bonchev–Trinajstić information content (AvgIpc) is 2.81. The Bertz CT molecular complexity index is 1110.